The Morgan fingerprint density at radius 1 is 1.18 bits per heavy atom. The maximum Gasteiger partial charge on any atom is 0.248 e. The van der Waals surface area contributed by atoms with Gasteiger partial charge in [-0.15, -0.1) is 0 Å². The summed E-state index contributed by atoms with van der Waals surface area (Å²) in [5.74, 6) is 0.889. The second-order valence-corrected chi connectivity index (χ2v) is 4.26. The monoisotopic (exact) mass is 229 g/mol. The summed E-state index contributed by atoms with van der Waals surface area (Å²) in [6.45, 7) is 0. The van der Waals surface area contributed by atoms with Crippen LogP contribution in [-0.2, 0) is 6.42 Å². The van der Waals surface area contributed by atoms with Crippen LogP contribution in [-0.4, -0.2) is 10.8 Å². The highest BCUT2D eigenvalue weighted by Gasteiger charge is 2.28. The van der Waals surface area contributed by atoms with Crippen molar-refractivity contribution in [3.63, 3.8) is 0 Å². The standard InChI is InChI=1S/C13H11NO3/c15-11-7-8(12-2-1-5-17-12)6-10-9(11)3-4-13(16)14-10/h1-5,8H,6-7H2,(H,14,16). The van der Waals surface area contributed by atoms with Gasteiger partial charge in [0.25, 0.3) is 0 Å². The molecule has 0 aliphatic heterocycles. The van der Waals surface area contributed by atoms with Crippen LogP contribution in [0.25, 0.3) is 0 Å². The molecule has 1 atom stereocenters. The molecule has 2 heterocycles. The van der Waals surface area contributed by atoms with E-state index in [1.165, 1.54) is 6.07 Å². The fourth-order valence-corrected chi connectivity index (χ4v) is 2.32. The molecule has 0 bridgehead atoms. The van der Waals surface area contributed by atoms with E-state index in [0.717, 1.165) is 11.5 Å². The van der Waals surface area contributed by atoms with Crippen LogP contribution in [0.5, 0.6) is 0 Å². The topological polar surface area (TPSA) is 63.1 Å². The average Bonchev–Trinajstić information content (AvgIpc) is 2.81. The number of carbonyl (C=O) groups excluding carboxylic acids is 1. The minimum absolute atomic E-state index is 0.0306. The molecule has 4 heteroatoms. The lowest BCUT2D eigenvalue weighted by molar-refractivity contribution is 0.0959. The first-order valence-corrected chi connectivity index (χ1v) is 5.53. The second kappa shape index (κ2) is 3.73. The number of nitrogens with one attached hydrogen (secondary N) is 1. The SMILES string of the molecule is O=C1CC(c2ccco2)Cc2[nH]c(=O)ccc21. The molecule has 2 aromatic rings. The average molecular weight is 229 g/mol. The fourth-order valence-electron chi connectivity index (χ4n) is 2.32. The molecule has 17 heavy (non-hydrogen) atoms. The molecule has 0 amide bonds. The lowest BCUT2D eigenvalue weighted by atomic mass is 9.84. The molecule has 0 spiro atoms. The van der Waals surface area contributed by atoms with Crippen LogP contribution >= 0.6 is 0 Å². The van der Waals surface area contributed by atoms with Gasteiger partial charge in [0.1, 0.15) is 5.76 Å². The van der Waals surface area contributed by atoms with Gasteiger partial charge in [-0.05, 0) is 24.6 Å². The lowest BCUT2D eigenvalue weighted by Crippen LogP contribution is -2.23. The van der Waals surface area contributed by atoms with Crippen molar-refractivity contribution in [2.45, 2.75) is 18.8 Å². The largest absolute Gasteiger partial charge is 0.469 e. The van der Waals surface area contributed by atoms with Crippen molar-refractivity contribution < 1.29 is 9.21 Å². The first kappa shape index (κ1) is 10.1. The molecule has 0 aromatic carbocycles. The predicted molar refractivity (Wildman–Crippen MR) is 61.2 cm³/mol. The highest BCUT2D eigenvalue weighted by atomic mass is 16.3. The van der Waals surface area contributed by atoms with E-state index in [-0.39, 0.29) is 17.3 Å². The lowest BCUT2D eigenvalue weighted by Gasteiger charge is -2.21. The van der Waals surface area contributed by atoms with Crippen LogP contribution in [0.2, 0.25) is 0 Å². The molecule has 3 rings (SSSR count). The Morgan fingerprint density at radius 2 is 2.06 bits per heavy atom. The van der Waals surface area contributed by atoms with Crippen LogP contribution in [0, 0.1) is 0 Å². The van der Waals surface area contributed by atoms with E-state index in [1.807, 2.05) is 12.1 Å². The van der Waals surface area contributed by atoms with Crippen molar-refractivity contribution >= 4 is 5.78 Å². The summed E-state index contributed by atoms with van der Waals surface area (Å²) in [5, 5.41) is 0. The Labute approximate surface area is 97.3 Å². The minimum Gasteiger partial charge on any atom is -0.469 e. The number of carbonyl (C=O) groups is 1. The Hall–Kier alpha value is -2.10. The molecular formula is C13H11NO3. The molecule has 1 aliphatic carbocycles. The van der Waals surface area contributed by atoms with E-state index < -0.39 is 0 Å². The van der Waals surface area contributed by atoms with E-state index in [4.69, 9.17) is 4.42 Å². The molecule has 1 N–H and O–H groups in total. The molecule has 0 radical (unpaired) electrons. The van der Waals surface area contributed by atoms with Crippen molar-refractivity contribution in [3.05, 3.63) is 57.9 Å². The summed E-state index contributed by atoms with van der Waals surface area (Å²) in [4.78, 5) is 25.9. The van der Waals surface area contributed by atoms with Crippen LogP contribution in [0.1, 0.15) is 34.2 Å². The van der Waals surface area contributed by atoms with Crippen LogP contribution in [0.15, 0.2) is 39.7 Å². The van der Waals surface area contributed by atoms with E-state index >= 15 is 0 Å². The maximum absolute atomic E-state index is 11.9. The number of furan rings is 1. The quantitative estimate of drug-likeness (QED) is 0.812. The molecular weight excluding hydrogens is 218 g/mol. The molecule has 0 fully saturated rings. The van der Waals surface area contributed by atoms with Crippen molar-refractivity contribution in [3.8, 4) is 0 Å². The third-order valence-electron chi connectivity index (χ3n) is 3.13. The molecule has 2 aromatic heterocycles. The number of Topliss-reactive ketones (excluding diaryl/α,β-unsaturated/α-hetero) is 1. The molecule has 1 aliphatic rings. The molecule has 1 unspecified atom stereocenters. The van der Waals surface area contributed by atoms with Crippen LogP contribution < -0.4 is 5.56 Å². The smallest absolute Gasteiger partial charge is 0.248 e. The number of rotatable bonds is 1. The van der Waals surface area contributed by atoms with Gasteiger partial charge in [0.05, 0.1) is 6.26 Å². The van der Waals surface area contributed by atoms with Crippen molar-refractivity contribution in [1.29, 1.82) is 0 Å². The van der Waals surface area contributed by atoms with Gasteiger partial charge in [0.2, 0.25) is 5.56 Å². The number of aromatic amines is 1. The number of ketones is 1. The third kappa shape index (κ3) is 1.71. The number of aromatic nitrogens is 1. The van der Waals surface area contributed by atoms with Crippen LogP contribution in [0.3, 0.4) is 0 Å². The van der Waals surface area contributed by atoms with Gasteiger partial charge in [0.15, 0.2) is 5.78 Å². The summed E-state index contributed by atoms with van der Waals surface area (Å²) >= 11 is 0. The second-order valence-electron chi connectivity index (χ2n) is 4.26. The molecule has 86 valence electrons. The number of fused-ring (bicyclic) bond motifs is 1. The first-order chi connectivity index (χ1) is 8.24. The number of hydrogen-bond donors (Lipinski definition) is 1. The van der Waals surface area contributed by atoms with E-state index in [9.17, 15) is 9.59 Å². The van der Waals surface area contributed by atoms with Gasteiger partial charge in [-0.1, -0.05) is 0 Å². The number of pyridine rings is 1. The van der Waals surface area contributed by atoms with Gasteiger partial charge in [-0.3, -0.25) is 9.59 Å². The summed E-state index contributed by atoms with van der Waals surface area (Å²) < 4.78 is 5.32. The van der Waals surface area contributed by atoms with Crippen molar-refractivity contribution in [2.75, 3.05) is 0 Å². The normalized spacial score (nSPS) is 19.1. The fraction of sp³-hybridized carbons (Fsp3) is 0.231. The zero-order valence-electron chi connectivity index (χ0n) is 9.10. The predicted octanol–water partition coefficient (Wildman–Crippen LogP) is 1.88. The van der Waals surface area contributed by atoms with Gasteiger partial charge in [-0.25, -0.2) is 0 Å². The number of hydrogen-bond acceptors (Lipinski definition) is 3. The molecule has 0 saturated heterocycles. The zero-order valence-corrected chi connectivity index (χ0v) is 9.10. The number of H-pyrrole nitrogens is 1. The third-order valence-corrected chi connectivity index (χ3v) is 3.13. The highest BCUT2D eigenvalue weighted by molar-refractivity contribution is 5.98. The Balaban J connectivity index is 2.02. The minimum atomic E-state index is -0.170. The van der Waals surface area contributed by atoms with Gasteiger partial charge in [-0.2, -0.15) is 0 Å². The zero-order chi connectivity index (χ0) is 11.8. The van der Waals surface area contributed by atoms with E-state index in [0.29, 0.717) is 18.4 Å². The van der Waals surface area contributed by atoms with Gasteiger partial charge < -0.3 is 9.40 Å². The maximum atomic E-state index is 11.9. The highest BCUT2D eigenvalue weighted by Crippen LogP contribution is 2.31. The summed E-state index contributed by atoms with van der Waals surface area (Å²) in [5.41, 5.74) is 1.18. The van der Waals surface area contributed by atoms with Crippen molar-refractivity contribution in [2.24, 2.45) is 0 Å². The van der Waals surface area contributed by atoms with Gasteiger partial charge >= 0.3 is 0 Å². The Kier molecular flexibility index (Phi) is 2.21. The summed E-state index contributed by atoms with van der Waals surface area (Å²) in [6, 6.07) is 6.67. The van der Waals surface area contributed by atoms with Crippen LogP contribution in [0.4, 0.5) is 0 Å². The first-order valence-electron chi connectivity index (χ1n) is 5.53. The summed E-state index contributed by atoms with van der Waals surface area (Å²) in [6.07, 6.45) is 2.68. The van der Waals surface area contributed by atoms with E-state index in [2.05, 4.69) is 4.98 Å². The van der Waals surface area contributed by atoms with Crippen molar-refractivity contribution in [1.82, 2.24) is 4.98 Å². The Bertz CT molecular complexity index is 610. The van der Waals surface area contributed by atoms with E-state index in [1.54, 1.807) is 12.3 Å². The molecule has 0 saturated carbocycles. The Morgan fingerprint density at radius 3 is 2.82 bits per heavy atom. The van der Waals surface area contributed by atoms with Gasteiger partial charge in [0, 0.05) is 29.7 Å². The molecule has 4 nitrogen and oxygen atoms in total. The summed E-state index contributed by atoms with van der Waals surface area (Å²) in [7, 11) is 0.